The molecule has 13 nitrogen and oxygen atoms in total. The normalized spacial score (nSPS) is 21.1. The molecule has 0 saturated carbocycles. The zero-order valence-corrected chi connectivity index (χ0v) is 17.1. The molecule has 0 unspecified atom stereocenters. The fourth-order valence-corrected chi connectivity index (χ4v) is 3.09. The van der Waals surface area contributed by atoms with Gasteiger partial charge < -0.3 is 21.7 Å². The maximum absolute atomic E-state index is 12.8. The molecule has 3 amide bonds. The molecule has 0 aromatic rings. The highest BCUT2D eigenvalue weighted by Gasteiger charge is 2.38. The lowest BCUT2D eigenvalue weighted by Gasteiger charge is -2.24. The van der Waals surface area contributed by atoms with Gasteiger partial charge in [-0.2, -0.15) is 0 Å². The van der Waals surface area contributed by atoms with Gasteiger partial charge in [-0.3, -0.25) is 14.4 Å². The van der Waals surface area contributed by atoms with Gasteiger partial charge in [0.2, 0.25) is 17.7 Å². The van der Waals surface area contributed by atoms with E-state index in [-0.39, 0.29) is 49.9 Å². The van der Waals surface area contributed by atoms with E-state index in [1.165, 1.54) is 0 Å². The number of nitrogens with two attached hydrogens (primary N) is 1. The van der Waals surface area contributed by atoms with E-state index in [4.69, 9.17) is 16.8 Å². The summed E-state index contributed by atoms with van der Waals surface area (Å²) in [5.41, 5.74) is 22.1. The van der Waals surface area contributed by atoms with Gasteiger partial charge in [0.05, 0.1) is 12.6 Å². The predicted octanol–water partition coefficient (Wildman–Crippen LogP) is 0.508. The first-order valence-electron chi connectivity index (χ1n) is 8.92. The Labute approximate surface area is 174 Å². The van der Waals surface area contributed by atoms with E-state index in [0.29, 0.717) is 12.8 Å². The summed E-state index contributed by atoms with van der Waals surface area (Å²) >= 11 is 0. The Bertz CT molecular complexity index is 675. The molecule has 1 aliphatic heterocycles. The smallest absolute Gasteiger partial charge is 0.243 e. The van der Waals surface area contributed by atoms with Crippen LogP contribution in [0.25, 0.3) is 20.9 Å². The molecule has 1 fully saturated rings. The van der Waals surface area contributed by atoms with E-state index in [9.17, 15) is 14.4 Å². The van der Waals surface area contributed by atoms with Gasteiger partial charge in [-0.05, 0) is 35.7 Å². The number of halogens is 1. The average Bonchev–Trinajstić information content (AvgIpc) is 3.04. The van der Waals surface area contributed by atoms with Crippen LogP contribution in [0.1, 0.15) is 26.7 Å². The lowest BCUT2D eigenvalue weighted by molar-refractivity contribution is -0.131. The van der Waals surface area contributed by atoms with Crippen molar-refractivity contribution in [3.8, 4) is 0 Å². The maximum Gasteiger partial charge on any atom is 0.243 e. The van der Waals surface area contributed by atoms with Crippen molar-refractivity contribution in [1.29, 1.82) is 0 Å². The van der Waals surface area contributed by atoms with E-state index in [2.05, 4.69) is 36.0 Å². The molecular formula is C15H27ClN10O3. The Morgan fingerprint density at radius 1 is 1.21 bits per heavy atom. The molecule has 1 saturated heterocycles. The molecule has 4 atom stereocenters. The van der Waals surface area contributed by atoms with Crippen molar-refractivity contribution < 1.29 is 14.4 Å². The largest absolute Gasteiger partial charge is 0.368 e. The third kappa shape index (κ3) is 9.35. The number of primary amides is 1. The zero-order chi connectivity index (χ0) is 21.1. The van der Waals surface area contributed by atoms with E-state index in [1.807, 2.05) is 13.8 Å². The van der Waals surface area contributed by atoms with E-state index in [1.54, 1.807) is 0 Å². The van der Waals surface area contributed by atoms with Crippen molar-refractivity contribution in [3.63, 3.8) is 0 Å². The molecule has 0 radical (unpaired) electrons. The van der Waals surface area contributed by atoms with Crippen LogP contribution in [-0.2, 0) is 14.4 Å². The molecule has 14 heteroatoms. The highest BCUT2D eigenvalue weighted by Crippen LogP contribution is 2.22. The standard InChI is InChI=1S/C15H26N10O3.ClH/c1-8(2)3-11(14(27)19-7-12(16)26)23-15(28)13-9(5-20-24-17)4-10(22-13)6-21-25-18;/h8-11,13,22H,3-7H2,1-2H3,(H2,16,26)(H,19,27)(H,23,28);1H/t9-,10+,11-,13+;/m0./s1. The monoisotopic (exact) mass is 430 g/mol. The summed E-state index contributed by atoms with van der Waals surface area (Å²) < 4.78 is 0. The van der Waals surface area contributed by atoms with E-state index < -0.39 is 29.8 Å². The lowest BCUT2D eigenvalue weighted by atomic mass is 9.97. The topological polar surface area (TPSA) is 211 Å². The fraction of sp³-hybridized carbons (Fsp3) is 0.800. The van der Waals surface area contributed by atoms with Crippen molar-refractivity contribution in [3.05, 3.63) is 20.9 Å². The van der Waals surface area contributed by atoms with Crippen LogP contribution < -0.4 is 21.7 Å². The SMILES string of the molecule is CC(C)C[C@H](NC(=O)[C@@H]1N[C@@H](CN=[N+]=[N-])C[C@H]1CN=[N+]=[N-])C(=O)NCC(N)=O.Cl. The van der Waals surface area contributed by atoms with Gasteiger partial charge in [0.1, 0.15) is 6.04 Å². The minimum absolute atomic E-state index is 0. The molecule has 5 N–H and O–H groups in total. The van der Waals surface area contributed by atoms with Crippen LogP contribution in [0.3, 0.4) is 0 Å². The van der Waals surface area contributed by atoms with Gasteiger partial charge in [0.15, 0.2) is 0 Å². The molecule has 0 spiro atoms. The Hall–Kier alpha value is -2.72. The third-order valence-electron chi connectivity index (χ3n) is 4.28. The number of azide groups is 2. The number of nitrogens with zero attached hydrogens (tertiary/aromatic N) is 6. The summed E-state index contributed by atoms with van der Waals surface area (Å²) in [5, 5.41) is 15.2. The third-order valence-corrected chi connectivity index (χ3v) is 4.28. The predicted molar refractivity (Wildman–Crippen MR) is 108 cm³/mol. The highest BCUT2D eigenvalue weighted by atomic mass is 35.5. The van der Waals surface area contributed by atoms with Crippen molar-refractivity contribution in [2.75, 3.05) is 19.6 Å². The van der Waals surface area contributed by atoms with E-state index in [0.717, 1.165) is 0 Å². The zero-order valence-electron chi connectivity index (χ0n) is 16.3. The number of carbonyl (C=O) groups is 3. The quantitative estimate of drug-likeness (QED) is 0.209. The highest BCUT2D eigenvalue weighted by molar-refractivity contribution is 5.91. The minimum atomic E-state index is -0.843. The van der Waals surface area contributed by atoms with Gasteiger partial charge >= 0.3 is 0 Å². The summed E-state index contributed by atoms with van der Waals surface area (Å²) in [6.45, 7) is 3.72. The van der Waals surface area contributed by atoms with Gasteiger partial charge in [-0.15, -0.1) is 12.4 Å². The summed E-state index contributed by atoms with van der Waals surface area (Å²) in [7, 11) is 0. The molecule has 1 heterocycles. The Kier molecular flexibility index (Phi) is 12.2. The maximum atomic E-state index is 12.8. The molecule has 0 bridgehead atoms. The van der Waals surface area contributed by atoms with Crippen molar-refractivity contribution >= 4 is 30.1 Å². The number of amides is 3. The molecule has 0 aromatic carbocycles. The summed E-state index contributed by atoms with van der Waals surface area (Å²) in [6.07, 6.45) is 0.852. The van der Waals surface area contributed by atoms with Crippen LogP contribution in [0.5, 0.6) is 0 Å². The first-order valence-corrected chi connectivity index (χ1v) is 8.92. The van der Waals surface area contributed by atoms with Crippen LogP contribution in [0.15, 0.2) is 10.2 Å². The van der Waals surface area contributed by atoms with Crippen molar-refractivity contribution in [2.45, 2.75) is 44.8 Å². The molecule has 1 rings (SSSR count). The number of nitrogens with one attached hydrogen (secondary N) is 3. The lowest BCUT2D eigenvalue weighted by Crippen LogP contribution is -2.54. The number of hydrogen-bond donors (Lipinski definition) is 4. The molecule has 29 heavy (non-hydrogen) atoms. The van der Waals surface area contributed by atoms with Gasteiger partial charge in [-0.1, -0.05) is 24.1 Å². The van der Waals surface area contributed by atoms with E-state index >= 15 is 0 Å². The van der Waals surface area contributed by atoms with Gasteiger partial charge in [0, 0.05) is 29.0 Å². The Morgan fingerprint density at radius 2 is 1.83 bits per heavy atom. The van der Waals surface area contributed by atoms with Crippen molar-refractivity contribution in [1.82, 2.24) is 16.0 Å². The fourth-order valence-electron chi connectivity index (χ4n) is 3.09. The number of hydrogen-bond acceptors (Lipinski definition) is 6. The minimum Gasteiger partial charge on any atom is -0.368 e. The molecule has 1 aliphatic rings. The van der Waals surface area contributed by atoms with Crippen molar-refractivity contribution in [2.24, 2.45) is 27.8 Å². The van der Waals surface area contributed by atoms with Crippen LogP contribution in [0, 0.1) is 11.8 Å². The second kappa shape index (κ2) is 13.5. The first kappa shape index (κ1) is 26.3. The van der Waals surface area contributed by atoms with Crippen LogP contribution in [0.2, 0.25) is 0 Å². The van der Waals surface area contributed by atoms with Crippen LogP contribution >= 0.6 is 12.4 Å². The molecule has 0 aliphatic carbocycles. The molecule has 0 aromatic heterocycles. The first-order chi connectivity index (χ1) is 13.3. The molecule has 162 valence electrons. The van der Waals surface area contributed by atoms with Crippen LogP contribution in [0.4, 0.5) is 0 Å². The van der Waals surface area contributed by atoms with Crippen LogP contribution in [-0.4, -0.2) is 55.5 Å². The second-order valence-electron chi connectivity index (χ2n) is 7.04. The summed E-state index contributed by atoms with van der Waals surface area (Å²) in [5.74, 6) is -1.81. The van der Waals surface area contributed by atoms with Gasteiger partial charge in [-0.25, -0.2) is 0 Å². The summed E-state index contributed by atoms with van der Waals surface area (Å²) in [6, 6.07) is -1.79. The second-order valence-corrected chi connectivity index (χ2v) is 7.04. The van der Waals surface area contributed by atoms with Gasteiger partial charge in [0.25, 0.3) is 0 Å². The summed E-state index contributed by atoms with van der Waals surface area (Å²) in [4.78, 5) is 41.4. The number of carbonyl (C=O) groups excluding carboxylic acids is 3. The Morgan fingerprint density at radius 3 is 2.38 bits per heavy atom. The Balaban J connectivity index is 0.00000784. The average molecular weight is 431 g/mol. The molecular weight excluding hydrogens is 404 g/mol. The number of rotatable bonds is 11.